The van der Waals surface area contributed by atoms with Crippen LogP contribution in [0.2, 0.25) is 0 Å². The zero-order valence-corrected chi connectivity index (χ0v) is 17.8. The van der Waals surface area contributed by atoms with E-state index in [1.807, 2.05) is 12.1 Å². The highest BCUT2D eigenvalue weighted by molar-refractivity contribution is 7.44. The molecule has 1 aliphatic carbocycles. The van der Waals surface area contributed by atoms with E-state index in [1.165, 1.54) is 18.9 Å². The number of fused-ring (bicyclic) bond motifs is 3. The van der Waals surface area contributed by atoms with Crippen LogP contribution in [0.5, 0.6) is 5.75 Å². The number of hydrogen-bond donors (Lipinski definition) is 3. The van der Waals surface area contributed by atoms with E-state index in [0.717, 1.165) is 48.5 Å². The van der Waals surface area contributed by atoms with Crippen LogP contribution < -0.4 is 9.77 Å². The summed E-state index contributed by atoms with van der Waals surface area (Å²) in [6.07, 6.45) is 6.72. The van der Waals surface area contributed by atoms with Gasteiger partial charge in [-0.25, -0.2) is 8.78 Å². The minimum absolute atomic E-state index is 0.186. The van der Waals surface area contributed by atoms with E-state index < -0.39 is 14.3 Å². The SMILES string of the molecule is CCCC1CCC(c2ccc3c(sc4c(F)c(OP(O)NO)ccc43)c2F)CC1. The van der Waals surface area contributed by atoms with Gasteiger partial charge in [0.05, 0.1) is 9.40 Å². The molecular weight excluding hydrogens is 415 g/mol. The monoisotopic (exact) mass is 439 g/mol. The molecule has 0 amide bonds. The summed E-state index contributed by atoms with van der Waals surface area (Å²) in [5, 5.41) is 11.5. The second-order valence-electron chi connectivity index (χ2n) is 7.67. The van der Waals surface area contributed by atoms with Gasteiger partial charge < -0.3 is 14.6 Å². The highest BCUT2D eigenvalue weighted by Gasteiger charge is 2.26. The zero-order chi connectivity index (χ0) is 20.5. The maximum Gasteiger partial charge on any atom is 0.340 e. The van der Waals surface area contributed by atoms with Crippen LogP contribution in [0, 0.1) is 17.6 Å². The predicted molar refractivity (Wildman–Crippen MR) is 114 cm³/mol. The first-order chi connectivity index (χ1) is 14.0. The highest BCUT2D eigenvalue weighted by Crippen LogP contribution is 2.45. The van der Waals surface area contributed by atoms with E-state index in [9.17, 15) is 9.28 Å². The van der Waals surface area contributed by atoms with Crippen LogP contribution in [-0.4, -0.2) is 10.1 Å². The zero-order valence-electron chi connectivity index (χ0n) is 16.1. The molecule has 0 saturated heterocycles. The third-order valence-electron chi connectivity index (χ3n) is 5.94. The average Bonchev–Trinajstić information content (AvgIpc) is 3.12. The van der Waals surface area contributed by atoms with Gasteiger partial charge in [-0.15, -0.1) is 16.6 Å². The molecule has 1 atom stereocenters. The number of halogens is 2. The molecular formula is C21H24F2NO3PS. The van der Waals surface area contributed by atoms with Gasteiger partial charge in [-0.05, 0) is 55.2 Å². The van der Waals surface area contributed by atoms with Gasteiger partial charge >= 0.3 is 8.53 Å². The minimum Gasteiger partial charge on any atom is -0.432 e. The fourth-order valence-electron chi connectivity index (χ4n) is 4.50. The molecule has 0 aliphatic heterocycles. The van der Waals surface area contributed by atoms with Crippen LogP contribution >= 0.6 is 19.9 Å². The summed E-state index contributed by atoms with van der Waals surface area (Å²) in [6.45, 7) is 2.21. The van der Waals surface area contributed by atoms with Gasteiger partial charge in [0.1, 0.15) is 5.82 Å². The van der Waals surface area contributed by atoms with Crippen LogP contribution in [0.4, 0.5) is 8.78 Å². The van der Waals surface area contributed by atoms with Crippen molar-refractivity contribution in [3.05, 3.63) is 41.5 Å². The molecule has 29 heavy (non-hydrogen) atoms. The summed E-state index contributed by atoms with van der Waals surface area (Å²) in [5.74, 6) is -0.123. The van der Waals surface area contributed by atoms with Crippen molar-refractivity contribution in [1.82, 2.24) is 5.25 Å². The second kappa shape index (κ2) is 8.78. The van der Waals surface area contributed by atoms with E-state index in [-0.39, 0.29) is 22.2 Å². The van der Waals surface area contributed by atoms with Crippen molar-refractivity contribution in [2.45, 2.75) is 51.4 Å². The molecule has 1 aliphatic rings. The summed E-state index contributed by atoms with van der Waals surface area (Å²) >= 11 is 1.06. The topological polar surface area (TPSA) is 61.7 Å². The van der Waals surface area contributed by atoms with Crippen molar-refractivity contribution >= 4 is 40.0 Å². The van der Waals surface area contributed by atoms with Crippen molar-refractivity contribution in [2.24, 2.45) is 5.92 Å². The van der Waals surface area contributed by atoms with Gasteiger partial charge in [0.15, 0.2) is 11.6 Å². The fraction of sp³-hybridized carbons (Fsp3) is 0.429. The maximum absolute atomic E-state index is 15.4. The quantitative estimate of drug-likeness (QED) is 0.286. The van der Waals surface area contributed by atoms with Crippen LogP contribution in [-0.2, 0) is 0 Å². The minimum atomic E-state index is -2.38. The summed E-state index contributed by atoms with van der Waals surface area (Å²) in [4.78, 5) is 9.38. The van der Waals surface area contributed by atoms with Gasteiger partial charge in [0.25, 0.3) is 0 Å². The number of hydrogen-bond acceptors (Lipinski definition) is 5. The van der Waals surface area contributed by atoms with E-state index in [4.69, 9.17) is 9.73 Å². The molecule has 3 N–H and O–H groups in total. The van der Waals surface area contributed by atoms with Crippen molar-refractivity contribution in [3.63, 3.8) is 0 Å². The Hall–Kier alpha value is -1.37. The Morgan fingerprint density at radius 1 is 1.07 bits per heavy atom. The Morgan fingerprint density at radius 3 is 2.38 bits per heavy atom. The van der Waals surface area contributed by atoms with Gasteiger partial charge in [-0.3, -0.25) is 0 Å². The lowest BCUT2D eigenvalue weighted by Crippen LogP contribution is -2.14. The summed E-state index contributed by atoms with van der Waals surface area (Å²) in [5.41, 5.74) is 0.735. The van der Waals surface area contributed by atoms with E-state index >= 15 is 4.39 Å². The number of benzene rings is 2. The van der Waals surface area contributed by atoms with Gasteiger partial charge in [-0.2, -0.15) is 0 Å². The van der Waals surface area contributed by atoms with E-state index in [2.05, 4.69) is 6.92 Å². The van der Waals surface area contributed by atoms with Crippen LogP contribution in [0.25, 0.3) is 20.2 Å². The molecule has 1 unspecified atom stereocenters. The molecule has 0 spiro atoms. The summed E-state index contributed by atoms with van der Waals surface area (Å²) in [7, 11) is -2.38. The normalized spacial score (nSPS) is 21.0. The van der Waals surface area contributed by atoms with Crippen molar-refractivity contribution < 1.29 is 23.4 Å². The summed E-state index contributed by atoms with van der Waals surface area (Å²) < 4.78 is 36.0. The summed E-state index contributed by atoms with van der Waals surface area (Å²) in [6, 6.07) is 6.79. The molecule has 8 heteroatoms. The molecule has 4 rings (SSSR count). The standard InChI is InChI=1S/C21H24F2NO3PS/c1-2-3-12-4-6-13(7-5-12)14-8-9-15-16-10-11-17(27-28(26)24-25)19(23)21(16)29-20(15)18(14)22/h8-13,24-26H,2-7H2,1H3. The number of thiophene rings is 1. The molecule has 0 bridgehead atoms. The van der Waals surface area contributed by atoms with Gasteiger partial charge in [-0.1, -0.05) is 31.9 Å². The molecule has 3 aromatic rings. The lowest BCUT2D eigenvalue weighted by atomic mass is 9.77. The molecule has 4 nitrogen and oxygen atoms in total. The van der Waals surface area contributed by atoms with Gasteiger partial charge in [0, 0.05) is 10.8 Å². The maximum atomic E-state index is 15.4. The number of nitrogens with one attached hydrogen (secondary N) is 1. The lowest BCUT2D eigenvalue weighted by molar-refractivity contribution is 0.222. The molecule has 1 heterocycles. The van der Waals surface area contributed by atoms with Gasteiger partial charge in [0.2, 0.25) is 0 Å². The molecule has 1 aromatic heterocycles. The average molecular weight is 439 g/mol. The third kappa shape index (κ3) is 3.99. The highest BCUT2D eigenvalue weighted by atomic mass is 32.1. The first-order valence-corrected chi connectivity index (χ1v) is 12.0. The first kappa shape index (κ1) is 20.9. The first-order valence-electron chi connectivity index (χ1n) is 9.93. The smallest absolute Gasteiger partial charge is 0.340 e. The molecule has 156 valence electrons. The molecule has 1 saturated carbocycles. The van der Waals surface area contributed by atoms with Crippen LogP contribution in [0.3, 0.4) is 0 Å². The lowest BCUT2D eigenvalue weighted by Gasteiger charge is -2.28. The Bertz CT molecular complexity index is 1020. The van der Waals surface area contributed by atoms with E-state index in [0.29, 0.717) is 15.5 Å². The second-order valence-corrected chi connectivity index (χ2v) is 9.62. The Balaban J connectivity index is 1.69. The Kier molecular flexibility index (Phi) is 6.32. The van der Waals surface area contributed by atoms with E-state index in [1.54, 1.807) is 11.3 Å². The van der Waals surface area contributed by atoms with Crippen molar-refractivity contribution in [3.8, 4) is 5.75 Å². The van der Waals surface area contributed by atoms with Crippen LogP contribution in [0.15, 0.2) is 24.3 Å². The molecule has 0 radical (unpaired) electrons. The predicted octanol–water partition coefficient (Wildman–Crippen LogP) is 6.98. The Morgan fingerprint density at radius 2 is 1.72 bits per heavy atom. The largest absolute Gasteiger partial charge is 0.432 e. The third-order valence-corrected chi connectivity index (χ3v) is 7.68. The number of rotatable bonds is 6. The fourth-order valence-corrected chi connectivity index (χ4v) is 6.05. The van der Waals surface area contributed by atoms with Crippen LogP contribution in [0.1, 0.15) is 56.9 Å². The van der Waals surface area contributed by atoms with Crippen molar-refractivity contribution in [2.75, 3.05) is 0 Å². The molecule has 2 aromatic carbocycles. The molecule has 1 fully saturated rings. The van der Waals surface area contributed by atoms with Crippen molar-refractivity contribution in [1.29, 1.82) is 0 Å². The Labute approximate surface area is 173 Å².